The summed E-state index contributed by atoms with van der Waals surface area (Å²) in [4.78, 5) is 0. The summed E-state index contributed by atoms with van der Waals surface area (Å²) < 4.78 is 7.45. The van der Waals surface area contributed by atoms with Crippen molar-refractivity contribution in [2.24, 2.45) is 5.92 Å². The van der Waals surface area contributed by atoms with Crippen molar-refractivity contribution in [2.45, 2.75) is 39.0 Å². The van der Waals surface area contributed by atoms with Crippen molar-refractivity contribution < 1.29 is 4.74 Å². The number of aromatic nitrogens is 3. The van der Waals surface area contributed by atoms with Gasteiger partial charge in [0.1, 0.15) is 5.69 Å². The average molecular weight is 224 g/mol. The van der Waals surface area contributed by atoms with Crippen LogP contribution in [-0.2, 0) is 11.3 Å². The van der Waals surface area contributed by atoms with Gasteiger partial charge in [-0.25, -0.2) is 4.68 Å². The molecular formula is C11H20N4O. The molecule has 3 unspecified atom stereocenters. The number of hydrogen-bond donors (Lipinski definition) is 1. The van der Waals surface area contributed by atoms with Gasteiger partial charge in [0.15, 0.2) is 0 Å². The molecule has 0 aromatic carbocycles. The van der Waals surface area contributed by atoms with Gasteiger partial charge >= 0.3 is 0 Å². The maximum Gasteiger partial charge on any atom is 0.102 e. The van der Waals surface area contributed by atoms with Gasteiger partial charge in [-0.2, -0.15) is 0 Å². The fraction of sp³-hybridized carbons (Fsp3) is 0.818. The molecule has 1 aromatic rings. The van der Waals surface area contributed by atoms with Gasteiger partial charge in [-0.1, -0.05) is 12.1 Å². The molecule has 0 saturated heterocycles. The van der Waals surface area contributed by atoms with Crippen molar-refractivity contribution in [3.8, 4) is 0 Å². The zero-order valence-electron chi connectivity index (χ0n) is 10.4. The first-order chi connectivity index (χ1) is 7.69. The first-order valence-corrected chi connectivity index (χ1v) is 5.80. The van der Waals surface area contributed by atoms with Gasteiger partial charge in [0.2, 0.25) is 0 Å². The van der Waals surface area contributed by atoms with Gasteiger partial charge in [-0.15, -0.1) is 5.10 Å². The Morgan fingerprint density at radius 1 is 1.62 bits per heavy atom. The molecule has 1 aliphatic carbocycles. The van der Waals surface area contributed by atoms with E-state index in [1.165, 1.54) is 6.42 Å². The van der Waals surface area contributed by atoms with Crippen LogP contribution in [0.15, 0.2) is 0 Å². The number of nitrogens with zero attached hydrogens (tertiary/aromatic N) is 3. The second-order valence-corrected chi connectivity index (χ2v) is 4.55. The molecule has 1 aliphatic rings. The minimum Gasteiger partial charge on any atom is -0.375 e. The standard InChI is InChI=1S/C11H20N4O/c1-7-5-10(7)15-11(8(2)16-4)9(6-12-3)13-14-15/h7-8,10,12H,5-6H2,1-4H3. The smallest absolute Gasteiger partial charge is 0.102 e. The molecule has 1 saturated carbocycles. The molecule has 0 bridgehead atoms. The summed E-state index contributed by atoms with van der Waals surface area (Å²) in [5, 5.41) is 11.6. The zero-order valence-corrected chi connectivity index (χ0v) is 10.4. The minimum atomic E-state index is 0.0474. The van der Waals surface area contributed by atoms with Crippen LogP contribution in [0.2, 0.25) is 0 Å². The normalized spacial score (nSPS) is 25.8. The van der Waals surface area contributed by atoms with E-state index < -0.39 is 0 Å². The van der Waals surface area contributed by atoms with E-state index in [1.807, 2.05) is 18.7 Å². The van der Waals surface area contributed by atoms with E-state index in [2.05, 4.69) is 22.6 Å². The summed E-state index contributed by atoms with van der Waals surface area (Å²) in [6.45, 7) is 5.02. The van der Waals surface area contributed by atoms with Crippen molar-refractivity contribution in [3.63, 3.8) is 0 Å². The lowest BCUT2D eigenvalue weighted by atomic mass is 10.2. The van der Waals surface area contributed by atoms with E-state index >= 15 is 0 Å². The molecule has 5 nitrogen and oxygen atoms in total. The second kappa shape index (κ2) is 4.51. The van der Waals surface area contributed by atoms with E-state index in [-0.39, 0.29) is 6.10 Å². The van der Waals surface area contributed by atoms with E-state index in [4.69, 9.17) is 4.74 Å². The molecule has 1 heterocycles. The molecule has 0 amide bonds. The summed E-state index contributed by atoms with van der Waals surface area (Å²) in [6, 6.07) is 0.519. The number of nitrogens with one attached hydrogen (secondary N) is 1. The number of rotatable bonds is 5. The Balaban J connectivity index is 2.30. The molecule has 0 aliphatic heterocycles. The highest BCUT2D eigenvalue weighted by molar-refractivity contribution is 5.15. The monoisotopic (exact) mass is 224 g/mol. The van der Waals surface area contributed by atoms with Crippen LogP contribution in [0.25, 0.3) is 0 Å². The van der Waals surface area contributed by atoms with Crippen LogP contribution < -0.4 is 5.32 Å². The Hall–Kier alpha value is -0.940. The van der Waals surface area contributed by atoms with E-state index in [1.54, 1.807) is 7.11 Å². The lowest BCUT2D eigenvalue weighted by Gasteiger charge is -2.13. The lowest BCUT2D eigenvalue weighted by Crippen LogP contribution is -2.13. The molecule has 0 spiro atoms. The fourth-order valence-electron chi connectivity index (χ4n) is 2.05. The number of methoxy groups -OCH3 is 1. The predicted molar refractivity (Wildman–Crippen MR) is 61.0 cm³/mol. The summed E-state index contributed by atoms with van der Waals surface area (Å²) >= 11 is 0. The van der Waals surface area contributed by atoms with Crippen LogP contribution in [0.1, 0.15) is 43.8 Å². The van der Waals surface area contributed by atoms with Crippen LogP contribution in [0, 0.1) is 5.92 Å². The minimum absolute atomic E-state index is 0.0474. The molecule has 5 heteroatoms. The average Bonchev–Trinajstić information content (AvgIpc) is 2.85. The Morgan fingerprint density at radius 3 is 2.81 bits per heavy atom. The van der Waals surface area contributed by atoms with Gasteiger partial charge in [0.25, 0.3) is 0 Å². The van der Waals surface area contributed by atoms with Crippen LogP contribution >= 0.6 is 0 Å². The van der Waals surface area contributed by atoms with Crippen LogP contribution in [0.4, 0.5) is 0 Å². The van der Waals surface area contributed by atoms with E-state index in [0.717, 1.165) is 17.9 Å². The van der Waals surface area contributed by atoms with Gasteiger partial charge in [-0.3, -0.25) is 0 Å². The second-order valence-electron chi connectivity index (χ2n) is 4.55. The zero-order chi connectivity index (χ0) is 11.7. The predicted octanol–water partition coefficient (Wildman–Crippen LogP) is 1.29. The molecular weight excluding hydrogens is 204 g/mol. The van der Waals surface area contributed by atoms with Gasteiger partial charge in [0.05, 0.1) is 17.8 Å². The van der Waals surface area contributed by atoms with Crippen molar-refractivity contribution >= 4 is 0 Å². The van der Waals surface area contributed by atoms with Crippen LogP contribution in [0.3, 0.4) is 0 Å². The quantitative estimate of drug-likeness (QED) is 0.818. The Labute approximate surface area is 96.2 Å². The third kappa shape index (κ3) is 1.97. The van der Waals surface area contributed by atoms with Crippen molar-refractivity contribution in [1.29, 1.82) is 0 Å². The highest BCUT2D eigenvalue weighted by Crippen LogP contribution is 2.43. The molecule has 1 N–H and O–H groups in total. The summed E-state index contributed by atoms with van der Waals surface area (Å²) in [5.41, 5.74) is 2.11. The molecule has 1 fully saturated rings. The molecule has 1 aromatic heterocycles. The molecule has 3 atom stereocenters. The summed E-state index contributed by atoms with van der Waals surface area (Å²) in [7, 11) is 3.64. The Bertz CT molecular complexity index is 363. The molecule has 0 radical (unpaired) electrons. The van der Waals surface area contributed by atoms with Crippen LogP contribution in [-0.4, -0.2) is 29.2 Å². The Morgan fingerprint density at radius 2 is 2.31 bits per heavy atom. The molecule has 90 valence electrons. The van der Waals surface area contributed by atoms with Gasteiger partial charge in [-0.05, 0) is 26.3 Å². The van der Waals surface area contributed by atoms with Gasteiger partial charge < -0.3 is 10.1 Å². The third-order valence-corrected chi connectivity index (χ3v) is 3.27. The lowest BCUT2D eigenvalue weighted by molar-refractivity contribution is 0.110. The van der Waals surface area contributed by atoms with Crippen molar-refractivity contribution in [3.05, 3.63) is 11.4 Å². The first-order valence-electron chi connectivity index (χ1n) is 5.80. The fourth-order valence-corrected chi connectivity index (χ4v) is 2.05. The largest absolute Gasteiger partial charge is 0.375 e. The van der Waals surface area contributed by atoms with E-state index in [9.17, 15) is 0 Å². The highest BCUT2D eigenvalue weighted by atomic mass is 16.5. The maximum absolute atomic E-state index is 5.41. The van der Waals surface area contributed by atoms with Gasteiger partial charge in [0, 0.05) is 13.7 Å². The third-order valence-electron chi connectivity index (χ3n) is 3.27. The molecule has 16 heavy (non-hydrogen) atoms. The van der Waals surface area contributed by atoms with Crippen LogP contribution in [0.5, 0.6) is 0 Å². The van der Waals surface area contributed by atoms with E-state index in [0.29, 0.717) is 12.0 Å². The molecule has 2 rings (SSSR count). The topological polar surface area (TPSA) is 52.0 Å². The first kappa shape index (κ1) is 11.5. The SMILES string of the molecule is CNCc1nnn(C2CC2C)c1C(C)OC. The summed E-state index contributed by atoms with van der Waals surface area (Å²) in [5.74, 6) is 0.715. The summed E-state index contributed by atoms with van der Waals surface area (Å²) in [6.07, 6.45) is 1.25. The van der Waals surface area contributed by atoms with Crippen molar-refractivity contribution in [2.75, 3.05) is 14.2 Å². The number of hydrogen-bond acceptors (Lipinski definition) is 4. The maximum atomic E-state index is 5.41. The number of ether oxygens (including phenoxy) is 1. The Kier molecular flexibility index (Phi) is 3.25. The highest BCUT2D eigenvalue weighted by Gasteiger charge is 2.38. The van der Waals surface area contributed by atoms with Crippen molar-refractivity contribution in [1.82, 2.24) is 20.3 Å².